The van der Waals surface area contributed by atoms with Crippen molar-refractivity contribution in [3.05, 3.63) is 42.2 Å². The van der Waals surface area contributed by atoms with E-state index in [1.165, 1.54) is 6.33 Å². The number of hydrogen-bond donors (Lipinski definition) is 1. The maximum absolute atomic E-state index is 12.3. The van der Waals surface area contributed by atoms with E-state index in [4.69, 9.17) is 0 Å². The van der Waals surface area contributed by atoms with Crippen LogP contribution in [0.5, 0.6) is 0 Å². The number of carbonyl (C=O) groups excluding carboxylic acids is 1. The molecule has 5 nitrogen and oxygen atoms in total. The highest BCUT2D eigenvalue weighted by Gasteiger charge is 2.28. The molecule has 0 saturated heterocycles. The lowest BCUT2D eigenvalue weighted by Gasteiger charge is -2.20. The van der Waals surface area contributed by atoms with Gasteiger partial charge < -0.3 is 0 Å². The Kier molecular flexibility index (Phi) is 3.74. The van der Waals surface area contributed by atoms with Crippen LogP contribution in [-0.4, -0.2) is 25.9 Å². The predicted octanol–water partition coefficient (Wildman–Crippen LogP) is 2.34. The zero-order valence-electron chi connectivity index (χ0n) is 11.4. The highest BCUT2D eigenvalue weighted by molar-refractivity contribution is 5.84. The summed E-state index contributed by atoms with van der Waals surface area (Å²) >= 11 is 0. The number of aromatic nitrogens is 4. The van der Waals surface area contributed by atoms with Crippen molar-refractivity contribution in [2.75, 3.05) is 0 Å². The Balaban J connectivity index is 2.29. The van der Waals surface area contributed by atoms with E-state index in [9.17, 15) is 4.79 Å². The van der Waals surface area contributed by atoms with E-state index >= 15 is 0 Å². The molecule has 0 bridgehead atoms. The van der Waals surface area contributed by atoms with E-state index in [0.29, 0.717) is 12.2 Å². The van der Waals surface area contributed by atoms with Crippen molar-refractivity contribution >= 4 is 5.78 Å². The Morgan fingerprint density at radius 1 is 1.32 bits per heavy atom. The highest BCUT2D eigenvalue weighted by atomic mass is 16.1. The fourth-order valence-electron chi connectivity index (χ4n) is 1.80. The summed E-state index contributed by atoms with van der Waals surface area (Å²) in [6.07, 6.45) is 3.54. The first kappa shape index (κ1) is 13.4. The lowest BCUT2D eigenvalue weighted by molar-refractivity contribution is -0.126. The molecule has 0 saturated carbocycles. The molecule has 0 amide bonds. The highest BCUT2D eigenvalue weighted by Crippen LogP contribution is 2.28. The molecular weight excluding hydrogens is 240 g/mol. The SMILES string of the molecule is CC(C)(C)C(=O)CC(c1ccccn1)c1ncn[nH]1. The lowest BCUT2D eigenvalue weighted by Crippen LogP contribution is -2.23. The molecule has 100 valence electrons. The van der Waals surface area contributed by atoms with Crippen LogP contribution in [-0.2, 0) is 4.79 Å². The molecule has 0 aliphatic rings. The van der Waals surface area contributed by atoms with Crippen LogP contribution in [0.25, 0.3) is 0 Å². The van der Waals surface area contributed by atoms with Crippen molar-refractivity contribution in [2.45, 2.75) is 33.1 Å². The van der Waals surface area contributed by atoms with E-state index in [0.717, 1.165) is 5.69 Å². The van der Waals surface area contributed by atoms with Crippen LogP contribution >= 0.6 is 0 Å². The molecular formula is C14H18N4O. The second-order valence-corrected chi connectivity index (χ2v) is 5.56. The summed E-state index contributed by atoms with van der Waals surface area (Å²) in [4.78, 5) is 20.8. The minimum atomic E-state index is -0.368. The minimum absolute atomic E-state index is 0.171. The predicted molar refractivity (Wildman–Crippen MR) is 71.5 cm³/mol. The first-order valence-electron chi connectivity index (χ1n) is 6.28. The third-order valence-corrected chi connectivity index (χ3v) is 3.03. The third kappa shape index (κ3) is 3.24. The van der Waals surface area contributed by atoms with Crippen molar-refractivity contribution in [3.8, 4) is 0 Å². The molecule has 1 N–H and O–H groups in total. The summed E-state index contributed by atoms with van der Waals surface area (Å²) in [5, 5.41) is 6.70. The van der Waals surface area contributed by atoms with Gasteiger partial charge in [-0.1, -0.05) is 26.8 Å². The van der Waals surface area contributed by atoms with Gasteiger partial charge in [0.1, 0.15) is 17.9 Å². The zero-order valence-corrected chi connectivity index (χ0v) is 11.4. The van der Waals surface area contributed by atoms with Gasteiger partial charge in [0, 0.05) is 18.0 Å². The molecule has 2 heterocycles. The maximum atomic E-state index is 12.3. The Morgan fingerprint density at radius 3 is 2.63 bits per heavy atom. The molecule has 2 aromatic heterocycles. The van der Waals surface area contributed by atoms with Gasteiger partial charge in [0.05, 0.1) is 11.6 Å². The van der Waals surface area contributed by atoms with Crippen LogP contribution in [0.3, 0.4) is 0 Å². The molecule has 1 atom stereocenters. The van der Waals surface area contributed by atoms with Gasteiger partial charge in [-0.3, -0.25) is 14.9 Å². The summed E-state index contributed by atoms with van der Waals surface area (Å²) in [6, 6.07) is 5.67. The Labute approximate surface area is 112 Å². The van der Waals surface area contributed by atoms with E-state index in [1.807, 2.05) is 39.0 Å². The van der Waals surface area contributed by atoms with Crippen molar-refractivity contribution in [2.24, 2.45) is 5.41 Å². The lowest BCUT2D eigenvalue weighted by atomic mass is 9.84. The second kappa shape index (κ2) is 5.30. The van der Waals surface area contributed by atoms with Crippen molar-refractivity contribution in [1.29, 1.82) is 0 Å². The summed E-state index contributed by atoms with van der Waals surface area (Å²) in [5.41, 5.74) is 0.462. The van der Waals surface area contributed by atoms with E-state index in [2.05, 4.69) is 20.2 Å². The summed E-state index contributed by atoms with van der Waals surface area (Å²) < 4.78 is 0. The van der Waals surface area contributed by atoms with Crippen molar-refractivity contribution in [3.63, 3.8) is 0 Å². The molecule has 2 rings (SSSR count). The van der Waals surface area contributed by atoms with E-state index in [-0.39, 0.29) is 17.1 Å². The maximum Gasteiger partial charge on any atom is 0.139 e. The number of pyridine rings is 1. The number of nitrogens with one attached hydrogen (secondary N) is 1. The van der Waals surface area contributed by atoms with Gasteiger partial charge in [-0.05, 0) is 12.1 Å². The standard InChI is InChI=1S/C14H18N4O/c1-14(2,3)12(19)8-10(13-16-9-17-18-13)11-6-4-5-7-15-11/h4-7,9-10H,8H2,1-3H3,(H,16,17,18). The van der Waals surface area contributed by atoms with Gasteiger partial charge in [-0.15, -0.1) is 0 Å². The van der Waals surface area contributed by atoms with Gasteiger partial charge in [-0.25, -0.2) is 4.98 Å². The average Bonchev–Trinajstić information content (AvgIpc) is 2.89. The molecule has 0 aliphatic carbocycles. The number of ketones is 1. The van der Waals surface area contributed by atoms with Crippen molar-refractivity contribution < 1.29 is 4.79 Å². The second-order valence-electron chi connectivity index (χ2n) is 5.56. The van der Waals surface area contributed by atoms with Gasteiger partial charge in [0.15, 0.2) is 0 Å². The zero-order chi connectivity index (χ0) is 13.9. The van der Waals surface area contributed by atoms with Gasteiger partial charge in [-0.2, -0.15) is 5.10 Å². The van der Waals surface area contributed by atoms with E-state index < -0.39 is 0 Å². The first-order valence-corrected chi connectivity index (χ1v) is 6.28. The van der Waals surface area contributed by atoms with Crippen LogP contribution < -0.4 is 0 Å². The first-order chi connectivity index (χ1) is 8.98. The Hall–Kier alpha value is -2.04. The number of carbonyl (C=O) groups is 1. The molecule has 5 heteroatoms. The molecule has 0 spiro atoms. The fraction of sp³-hybridized carbons (Fsp3) is 0.429. The average molecular weight is 258 g/mol. The van der Waals surface area contributed by atoms with Crippen LogP contribution in [0.2, 0.25) is 0 Å². The monoisotopic (exact) mass is 258 g/mol. The van der Waals surface area contributed by atoms with Crippen LogP contribution in [0.15, 0.2) is 30.7 Å². The Morgan fingerprint density at radius 2 is 2.11 bits per heavy atom. The van der Waals surface area contributed by atoms with Gasteiger partial charge >= 0.3 is 0 Å². The number of nitrogens with zero attached hydrogens (tertiary/aromatic N) is 3. The number of rotatable bonds is 4. The molecule has 2 aromatic rings. The topological polar surface area (TPSA) is 71.5 Å². The van der Waals surface area contributed by atoms with Crippen LogP contribution in [0, 0.1) is 5.41 Å². The molecule has 0 aliphatic heterocycles. The number of aromatic amines is 1. The number of hydrogen-bond acceptors (Lipinski definition) is 4. The normalized spacial score (nSPS) is 13.2. The van der Waals surface area contributed by atoms with Gasteiger partial charge in [0.25, 0.3) is 0 Å². The number of H-pyrrole nitrogens is 1. The quantitative estimate of drug-likeness (QED) is 0.913. The van der Waals surface area contributed by atoms with Crippen LogP contribution in [0.1, 0.15) is 44.6 Å². The third-order valence-electron chi connectivity index (χ3n) is 3.03. The van der Waals surface area contributed by atoms with Crippen molar-refractivity contribution in [1.82, 2.24) is 20.2 Å². The summed E-state index contributed by atoms with van der Waals surface area (Å²) in [6.45, 7) is 5.77. The largest absolute Gasteiger partial charge is 0.299 e. The summed E-state index contributed by atoms with van der Waals surface area (Å²) in [5.74, 6) is 0.686. The smallest absolute Gasteiger partial charge is 0.139 e. The molecule has 1 unspecified atom stereocenters. The van der Waals surface area contributed by atoms with E-state index in [1.54, 1.807) is 6.20 Å². The molecule has 19 heavy (non-hydrogen) atoms. The minimum Gasteiger partial charge on any atom is -0.299 e. The van der Waals surface area contributed by atoms with Gasteiger partial charge in [0.2, 0.25) is 0 Å². The van der Waals surface area contributed by atoms with Crippen LogP contribution in [0.4, 0.5) is 0 Å². The molecule has 0 aromatic carbocycles. The number of Topliss-reactive ketones (excluding diaryl/α,β-unsaturated/α-hetero) is 1. The summed E-state index contributed by atoms with van der Waals surface area (Å²) in [7, 11) is 0. The fourth-order valence-corrected chi connectivity index (χ4v) is 1.80. The Bertz CT molecular complexity index is 528. The molecule has 0 fully saturated rings. The molecule has 0 radical (unpaired) electrons.